The Kier molecular flexibility index (Phi) is 7.35. The molecule has 4 nitrogen and oxygen atoms in total. The first-order valence-corrected chi connectivity index (χ1v) is 10.9. The maximum absolute atomic E-state index is 12.1. The van der Waals surface area contributed by atoms with E-state index < -0.39 is 0 Å². The van der Waals surface area contributed by atoms with Crippen LogP contribution in [0.5, 0.6) is 0 Å². The number of nitrogens with zero attached hydrogens (tertiary/aromatic N) is 1. The Bertz CT molecular complexity index is 812. The fourth-order valence-electron chi connectivity index (χ4n) is 3.03. The number of hydrogen-bond donors (Lipinski definition) is 1. The van der Waals surface area contributed by atoms with Crippen molar-refractivity contribution in [1.82, 2.24) is 10.2 Å². The summed E-state index contributed by atoms with van der Waals surface area (Å²) in [6.45, 7) is 2.01. The van der Waals surface area contributed by atoms with Crippen LogP contribution < -0.4 is 5.32 Å². The molecule has 0 unspecified atom stereocenters. The van der Waals surface area contributed by atoms with Gasteiger partial charge in [0.25, 0.3) is 0 Å². The van der Waals surface area contributed by atoms with Crippen LogP contribution in [0.2, 0.25) is 0 Å². The normalized spacial score (nSPS) is 13.8. The van der Waals surface area contributed by atoms with Gasteiger partial charge < -0.3 is 10.2 Å². The SMILES string of the molecule is O=C(CCSc1ccccc1Br)NCc1cccc(CN2CCCC2=O)c1. The third kappa shape index (κ3) is 6.11. The highest BCUT2D eigenvalue weighted by Crippen LogP contribution is 2.27. The summed E-state index contributed by atoms with van der Waals surface area (Å²) in [4.78, 5) is 26.9. The minimum atomic E-state index is 0.0506. The van der Waals surface area contributed by atoms with Crippen LogP contribution in [-0.2, 0) is 22.7 Å². The van der Waals surface area contributed by atoms with Gasteiger partial charge in [0.15, 0.2) is 0 Å². The van der Waals surface area contributed by atoms with Gasteiger partial charge >= 0.3 is 0 Å². The van der Waals surface area contributed by atoms with Crippen LogP contribution in [0.1, 0.15) is 30.4 Å². The molecular weight excluding hydrogens is 424 g/mol. The molecule has 142 valence electrons. The van der Waals surface area contributed by atoms with Gasteiger partial charge in [-0.15, -0.1) is 11.8 Å². The molecule has 1 aliphatic heterocycles. The maximum Gasteiger partial charge on any atom is 0.222 e. The quantitative estimate of drug-likeness (QED) is 0.612. The van der Waals surface area contributed by atoms with Gasteiger partial charge in [-0.05, 0) is 45.6 Å². The lowest BCUT2D eigenvalue weighted by Crippen LogP contribution is -2.24. The third-order valence-electron chi connectivity index (χ3n) is 4.45. The molecule has 0 saturated carbocycles. The van der Waals surface area contributed by atoms with E-state index in [0.717, 1.165) is 39.2 Å². The van der Waals surface area contributed by atoms with Crippen molar-refractivity contribution in [2.75, 3.05) is 12.3 Å². The lowest BCUT2D eigenvalue weighted by Gasteiger charge is -2.16. The minimum absolute atomic E-state index is 0.0506. The second-order valence-electron chi connectivity index (χ2n) is 6.54. The number of carbonyl (C=O) groups excluding carboxylic acids is 2. The van der Waals surface area contributed by atoms with Crippen LogP contribution in [0.3, 0.4) is 0 Å². The van der Waals surface area contributed by atoms with Crippen LogP contribution in [0.15, 0.2) is 57.9 Å². The predicted octanol–water partition coefficient (Wildman–Crippen LogP) is 4.37. The number of hydrogen-bond acceptors (Lipinski definition) is 3. The lowest BCUT2D eigenvalue weighted by atomic mass is 10.1. The van der Waals surface area contributed by atoms with E-state index in [2.05, 4.69) is 27.3 Å². The summed E-state index contributed by atoms with van der Waals surface area (Å²) in [7, 11) is 0. The molecule has 0 aromatic heterocycles. The van der Waals surface area contributed by atoms with Crippen LogP contribution in [0, 0.1) is 0 Å². The van der Waals surface area contributed by atoms with Crippen molar-refractivity contribution in [3.8, 4) is 0 Å². The maximum atomic E-state index is 12.1. The van der Waals surface area contributed by atoms with Crippen molar-refractivity contribution < 1.29 is 9.59 Å². The van der Waals surface area contributed by atoms with E-state index in [0.29, 0.717) is 25.9 Å². The smallest absolute Gasteiger partial charge is 0.222 e. The first kappa shape index (κ1) is 20.0. The molecule has 0 aliphatic carbocycles. The molecule has 2 amide bonds. The zero-order chi connectivity index (χ0) is 19.1. The summed E-state index contributed by atoms with van der Waals surface area (Å²) in [5.74, 6) is 1.02. The number of amides is 2. The van der Waals surface area contributed by atoms with E-state index in [4.69, 9.17) is 0 Å². The van der Waals surface area contributed by atoms with Crippen LogP contribution in [0.25, 0.3) is 0 Å². The van der Waals surface area contributed by atoms with Crippen molar-refractivity contribution in [2.24, 2.45) is 0 Å². The molecule has 1 saturated heterocycles. The highest BCUT2D eigenvalue weighted by Gasteiger charge is 2.19. The third-order valence-corrected chi connectivity index (χ3v) is 6.48. The highest BCUT2D eigenvalue weighted by atomic mass is 79.9. The fourth-order valence-corrected chi connectivity index (χ4v) is 4.55. The van der Waals surface area contributed by atoms with Crippen LogP contribution in [-0.4, -0.2) is 29.0 Å². The van der Waals surface area contributed by atoms with Gasteiger partial charge in [0, 0.05) is 47.6 Å². The molecule has 1 fully saturated rings. The van der Waals surface area contributed by atoms with Crippen LogP contribution >= 0.6 is 27.7 Å². The summed E-state index contributed by atoms with van der Waals surface area (Å²) in [6, 6.07) is 16.1. The zero-order valence-electron chi connectivity index (χ0n) is 15.1. The van der Waals surface area contributed by atoms with Gasteiger partial charge in [0.05, 0.1) is 0 Å². The van der Waals surface area contributed by atoms with Crippen LogP contribution in [0.4, 0.5) is 0 Å². The molecule has 6 heteroatoms. The molecule has 1 heterocycles. The Morgan fingerprint density at radius 1 is 1.15 bits per heavy atom. The Labute approximate surface area is 172 Å². The Morgan fingerprint density at radius 3 is 2.74 bits per heavy atom. The monoisotopic (exact) mass is 446 g/mol. The van der Waals surface area contributed by atoms with E-state index in [1.807, 2.05) is 47.4 Å². The van der Waals surface area contributed by atoms with Crippen molar-refractivity contribution in [3.63, 3.8) is 0 Å². The number of thioether (sulfide) groups is 1. The highest BCUT2D eigenvalue weighted by molar-refractivity contribution is 9.10. The van der Waals surface area contributed by atoms with Crippen molar-refractivity contribution in [3.05, 3.63) is 64.1 Å². The zero-order valence-corrected chi connectivity index (χ0v) is 17.5. The summed E-state index contributed by atoms with van der Waals surface area (Å²) >= 11 is 5.19. The minimum Gasteiger partial charge on any atom is -0.352 e. The number of nitrogens with one attached hydrogen (secondary N) is 1. The van der Waals surface area contributed by atoms with E-state index >= 15 is 0 Å². The van der Waals surface area contributed by atoms with Gasteiger partial charge in [0.1, 0.15) is 0 Å². The summed E-state index contributed by atoms with van der Waals surface area (Å²) < 4.78 is 1.06. The van der Waals surface area contributed by atoms with Crippen molar-refractivity contribution >= 4 is 39.5 Å². The lowest BCUT2D eigenvalue weighted by molar-refractivity contribution is -0.128. The molecule has 0 spiro atoms. The van der Waals surface area contributed by atoms with Gasteiger partial charge in [-0.25, -0.2) is 0 Å². The Balaban J connectivity index is 1.42. The fraction of sp³-hybridized carbons (Fsp3) is 0.333. The van der Waals surface area contributed by atoms with Crippen molar-refractivity contribution in [2.45, 2.75) is 37.2 Å². The number of carbonyl (C=O) groups is 2. The molecule has 3 rings (SSSR count). The second-order valence-corrected chi connectivity index (χ2v) is 8.54. The van der Waals surface area contributed by atoms with Gasteiger partial charge in [-0.3, -0.25) is 9.59 Å². The molecule has 2 aromatic carbocycles. The molecule has 27 heavy (non-hydrogen) atoms. The Morgan fingerprint density at radius 2 is 1.96 bits per heavy atom. The van der Waals surface area contributed by atoms with E-state index in [9.17, 15) is 9.59 Å². The molecule has 0 bridgehead atoms. The van der Waals surface area contributed by atoms with E-state index in [1.165, 1.54) is 0 Å². The molecule has 0 radical (unpaired) electrons. The molecule has 2 aromatic rings. The number of benzene rings is 2. The first-order chi connectivity index (χ1) is 13.1. The van der Waals surface area contributed by atoms with Crippen molar-refractivity contribution in [1.29, 1.82) is 0 Å². The average molecular weight is 447 g/mol. The molecule has 1 N–H and O–H groups in total. The first-order valence-electron chi connectivity index (χ1n) is 9.11. The summed E-state index contributed by atoms with van der Waals surface area (Å²) in [6.07, 6.45) is 2.09. The van der Waals surface area contributed by atoms with E-state index in [-0.39, 0.29) is 11.8 Å². The summed E-state index contributed by atoms with van der Waals surface area (Å²) in [5.41, 5.74) is 2.17. The number of halogens is 1. The van der Waals surface area contributed by atoms with Gasteiger partial charge in [-0.2, -0.15) is 0 Å². The number of likely N-dealkylation sites (tertiary alicyclic amines) is 1. The van der Waals surface area contributed by atoms with E-state index in [1.54, 1.807) is 11.8 Å². The van der Waals surface area contributed by atoms with Gasteiger partial charge in [0.2, 0.25) is 11.8 Å². The molecule has 0 atom stereocenters. The molecule has 1 aliphatic rings. The molecular formula is C21H23BrN2O2S. The average Bonchev–Trinajstić information content (AvgIpc) is 3.07. The summed E-state index contributed by atoms with van der Waals surface area (Å²) in [5, 5.41) is 2.98. The van der Waals surface area contributed by atoms with Gasteiger partial charge in [-0.1, -0.05) is 36.4 Å². The second kappa shape index (κ2) is 9.95. The Hall–Kier alpha value is -1.79. The topological polar surface area (TPSA) is 49.4 Å². The predicted molar refractivity (Wildman–Crippen MR) is 112 cm³/mol. The number of rotatable bonds is 8. The standard InChI is InChI=1S/C21H23BrN2O2S/c22-18-7-1-2-8-19(18)27-12-10-20(25)23-14-16-5-3-6-17(13-16)15-24-11-4-9-21(24)26/h1-3,5-8,13H,4,9-12,14-15H2,(H,23,25). The largest absolute Gasteiger partial charge is 0.352 e.